The van der Waals surface area contributed by atoms with Crippen LogP contribution in [0, 0.1) is 5.92 Å². The highest BCUT2D eigenvalue weighted by Gasteiger charge is 2.32. The molecular weight excluding hydrogens is 210 g/mol. The van der Waals surface area contributed by atoms with Gasteiger partial charge in [0.1, 0.15) is 0 Å². The lowest BCUT2D eigenvalue weighted by Gasteiger charge is -2.25. The van der Waals surface area contributed by atoms with Crippen molar-refractivity contribution in [3.8, 4) is 0 Å². The van der Waals surface area contributed by atoms with Crippen molar-refractivity contribution >= 4 is 0 Å². The standard InChI is InChI=1S/C15H23NO/c1-3-14(12-7-5-4-6-8-12)16-15(11-17-2)13-9-10-13/h4-8,13-16H,3,9-11H2,1-2H3. The molecule has 0 bridgehead atoms. The van der Waals surface area contributed by atoms with Crippen LogP contribution >= 0.6 is 0 Å². The summed E-state index contributed by atoms with van der Waals surface area (Å²) in [5, 5.41) is 3.76. The van der Waals surface area contributed by atoms with Crippen molar-refractivity contribution in [2.75, 3.05) is 13.7 Å². The van der Waals surface area contributed by atoms with Gasteiger partial charge in [-0.05, 0) is 30.7 Å². The highest BCUT2D eigenvalue weighted by atomic mass is 16.5. The normalized spacial score (nSPS) is 18.9. The number of ether oxygens (including phenoxy) is 1. The second-order valence-corrected chi connectivity index (χ2v) is 4.94. The molecule has 0 radical (unpaired) electrons. The van der Waals surface area contributed by atoms with Crippen molar-refractivity contribution in [2.24, 2.45) is 5.92 Å². The Balaban J connectivity index is 1.98. The first kappa shape index (κ1) is 12.6. The number of nitrogens with one attached hydrogen (secondary N) is 1. The van der Waals surface area contributed by atoms with Gasteiger partial charge in [0, 0.05) is 19.2 Å². The SMILES string of the molecule is CCC(NC(COC)C1CC1)c1ccccc1. The molecule has 2 nitrogen and oxygen atoms in total. The van der Waals surface area contributed by atoms with Gasteiger partial charge in [-0.2, -0.15) is 0 Å². The molecule has 94 valence electrons. The van der Waals surface area contributed by atoms with Crippen molar-refractivity contribution in [2.45, 2.75) is 38.3 Å². The molecule has 2 heteroatoms. The molecule has 1 aromatic carbocycles. The number of rotatable bonds is 7. The third kappa shape index (κ3) is 3.55. The van der Waals surface area contributed by atoms with Crippen LogP contribution in [0.15, 0.2) is 30.3 Å². The van der Waals surface area contributed by atoms with Crippen LogP contribution in [0.5, 0.6) is 0 Å². The molecule has 1 fully saturated rings. The quantitative estimate of drug-likeness (QED) is 0.781. The summed E-state index contributed by atoms with van der Waals surface area (Å²) < 4.78 is 5.32. The van der Waals surface area contributed by atoms with Gasteiger partial charge >= 0.3 is 0 Å². The molecule has 2 atom stereocenters. The van der Waals surface area contributed by atoms with Crippen LogP contribution in [-0.2, 0) is 4.74 Å². The minimum absolute atomic E-state index is 0.456. The fraction of sp³-hybridized carbons (Fsp3) is 0.600. The zero-order valence-corrected chi connectivity index (χ0v) is 10.9. The van der Waals surface area contributed by atoms with Crippen molar-refractivity contribution < 1.29 is 4.74 Å². The Morgan fingerprint density at radius 2 is 2.00 bits per heavy atom. The van der Waals surface area contributed by atoms with E-state index in [2.05, 4.69) is 42.6 Å². The van der Waals surface area contributed by atoms with Crippen LogP contribution in [-0.4, -0.2) is 19.8 Å². The third-order valence-corrected chi connectivity index (χ3v) is 3.56. The van der Waals surface area contributed by atoms with Gasteiger partial charge < -0.3 is 10.1 Å². The number of methoxy groups -OCH3 is 1. The third-order valence-electron chi connectivity index (χ3n) is 3.56. The summed E-state index contributed by atoms with van der Waals surface area (Å²) in [6, 6.07) is 11.7. The lowest BCUT2D eigenvalue weighted by atomic mass is 10.0. The zero-order chi connectivity index (χ0) is 12.1. The van der Waals surface area contributed by atoms with Crippen LogP contribution in [0.3, 0.4) is 0 Å². The van der Waals surface area contributed by atoms with Crippen LogP contribution in [0.25, 0.3) is 0 Å². The fourth-order valence-corrected chi connectivity index (χ4v) is 2.39. The van der Waals surface area contributed by atoms with Crippen molar-refractivity contribution in [3.63, 3.8) is 0 Å². The molecule has 2 rings (SSSR count). The smallest absolute Gasteiger partial charge is 0.0618 e. The average molecular weight is 233 g/mol. The maximum absolute atomic E-state index is 5.32. The Hall–Kier alpha value is -0.860. The van der Waals surface area contributed by atoms with Gasteiger partial charge in [-0.25, -0.2) is 0 Å². The number of hydrogen-bond donors (Lipinski definition) is 1. The van der Waals surface area contributed by atoms with Crippen molar-refractivity contribution in [3.05, 3.63) is 35.9 Å². The second-order valence-electron chi connectivity index (χ2n) is 4.94. The van der Waals surface area contributed by atoms with E-state index < -0.39 is 0 Å². The molecule has 17 heavy (non-hydrogen) atoms. The number of benzene rings is 1. The largest absolute Gasteiger partial charge is 0.383 e. The first-order chi connectivity index (χ1) is 8.35. The highest BCUT2D eigenvalue weighted by molar-refractivity contribution is 5.19. The highest BCUT2D eigenvalue weighted by Crippen LogP contribution is 2.34. The van der Waals surface area contributed by atoms with E-state index in [0.717, 1.165) is 18.9 Å². The van der Waals surface area contributed by atoms with Gasteiger partial charge in [0.15, 0.2) is 0 Å². The molecule has 1 aliphatic rings. The molecule has 1 saturated carbocycles. The van der Waals surface area contributed by atoms with Crippen LogP contribution < -0.4 is 5.32 Å². The Morgan fingerprint density at radius 1 is 1.29 bits per heavy atom. The molecule has 0 aliphatic heterocycles. The van der Waals surface area contributed by atoms with E-state index in [-0.39, 0.29) is 0 Å². The molecular formula is C15H23NO. The molecule has 1 aliphatic carbocycles. The Kier molecular flexibility index (Phi) is 4.57. The molecule has 0 spiro atoms. The molecule has 0 aromatic heterocycles. The molecule has 0 saturated heterocycles. The predicted octanol–water partition coefficient (Wildman–Crippen LogP) is 3.15. The van der Waals surface area contributed by atoms with E-state index in [9.17, 15) is 0 Å². The Morgan fingerprint density at radius 3 is 2.53 bits per heavy atom. The summed E-state index contributed by atoms with van der Waals surface area (Å²) in [7, 11) is 1.79. The predicted molar refractivity (Wildman–Crippen MR) is 71.0 cm³/mol. The van der Waals surface area contributed by atoms with E-state index in [0.29, 0.717) is 12.1 Å². The first-order valence-electron chi connectivity index (χ1n) is 6.65. The van der Waals surface area contributed by atoms with Gasteiger partial charge in [0.05, 0.1) is 6.61 Å². The van der Waals surface area contributed by atoms with Crippen LogP contribution in [0.1, 0.15) is 37.8 Å². The minimum atomic E-state index is 0.456. The number of hydrogen-bond acceptors (Lipinski definition) is 2. The maximum Gasteiger partial charge on any atom is 0.0618 e. The van der Waals surface area contributed by atoms with E-state index in [1.165, 1.54) is 18.4 Å². The summed E-state index contributed by atoms with van der Waals surface area (Å²) >= 11 is 0. The first-order valence-corrected chi connectivity index (χ1v) is 6.65. The van der Waals surface area contributed by atoms with E-state index >= 15 is 0 Å². The van der Waals surface area contributed by atoms with E-state index in [1.807, 2.05) is 0 Å². The van der Waals surface area contributed by atoms with Crippen molar-refractivity contribution in [1.82, 2.24) is 5.32 Å². The second kappa shape index (κ2) is 6.18. The average Bonchev–Trinajstić information content (AvgIpc) is 3.20. The van der Waals surface area contributed by atoms with E-state index in [4.69, 9.17) is 4.74 Å². The Labute approximate surface area is 104 Å². The summed E-state index contributed by atoms with van der Waals surface area (Å²) in [5.41, 5.74) is 1.39. The molecule has 1 N–H and O–H groups in total. The summed E-state index contributed by atoms with van der Waals surface area (Å²) in [4.78, 5) is 0. The summed E-state index contributed by atoms with van der Waals surface area (Å²) in [6.45, 7) is 3.06. The van der Waals surface area contributed by atoms with Gasteiger partial charge in [-0.3, -0.25) is 0 Å². The van der Waals surface area contributed by atoms with Crippen molar-refractivity contribution in [1.29, 1.82) is 0 Å². The topological polar surface area (TPSA) is 21.3 Å². The fourth-order valence-electron chi connectivity index (χ4n) is 2.39. The molecule has 1 aromatic rings. The van der Waals surface area contributed by atoms with Gasteiger partial charge in [0.25, 0.3) is 0 Å². The summed E-state index contributed by atoms with van der Waals surface area (Å²) in [6.07, 6.45) is 3.83. The lowest BCUT2D eigenvalue weighted by Crippen LogP contribution is -2.37. The van der Waals surface area contributed by atoms with Crippen LogP contribution in [0.2, 0.25) is 0 Å². The maximum atomic E-state index is 5.32. The Bertz CT molecular complexity index is 321. The molecule has 0 amide bonds. The molecule has 2 unspecified atom stereocenters. The molecule has 0 heterocycles. The van der Waals surface area contributed by atoms with Gasteiger partial charge in [-0.15, -0.1) is 0 Å². The minimum Gasteiger partial charge on any atom is -0.383 e. The lowest BCUT2D eigenvalue weighted by molar-refractivity contribution is 0.150. The van der Waals surface area contributed by atoms with Gasteiger partial charge in [-0.1, -0.05) is 37.3 Å². The van der Waals surface area contributed by atoms with Crippen LogP contribution in [0.4, 0.5) is 0 Å². The van der Waals surface area contributed by atoms with E-state index in [1.54, 1.807) is 7.11 Å². The zero-order valence-electron chi connectivity index (χ0n) is 10.9. The summed E-state index contributed by atoms with van der Waals surface area (Å²) in [5.74, 6) is 0.827. The monoisotopic (exact) mass is 233 g/mol. The van der Waals surface area contributed by atoms with Gasteiger partial charge in [0.2, 0.25) is 0 Å².